The van der Waals surface area contributed by atoms with Crippen molar-refractivity contribution < 1.29 is 32.5 Å². The Bertz CT molecular complexity index is 1130. The van der Waals surface area contributed by atoms with Gasteiger partial charge in [-0.05, 0) is 60.5 Å². The summed E-state index contributed by atoms with van der Waals surface area (Å²) >= 11 is 1.60. The predicted molar refractivity (Wildman–Crippen MR) is 135 cm³/mol. The maximum absolute atomic E-state index is 13.1. The average Bonchev–Trinajstić information content (AvgIpc) is 3.56. The van der Waals surface area contributed by atoms with Gasteiger partial charge >= 0.3 is 0 Å². The SMILES string of the molecule is COc1ccc(S(=O)(=O)N(CCO)CCO[C@@H]2C[C@H](c3cccs3)C=C(C(=O)NCC3CC3)O2)cc1. The zero-order chi connectivity index (χ0) is 25.5. The Balaban J connectivity index is 1.39. The number of carbonyl (C=O) groups excluding carboxylic acids is 1. The molecule has 1 aliphatic heterocycles. The van der Waals surface area contributed by atoms with Crippen molar-refractivity contribution in [3.63, 3.8) is 0 Å². The lowest BCUT2D eigenvalue weighted by Crippen LogP contribution is -2.38. The molecule has 0 saturated heterocycles. The molecule has 9 nitrogen and oxygen atoms in total. The van der Waals surface area contributed by atoms with Gasteiger partial charge in [-0.3, -0.25) is 4.79 Å². The van der Waals surface area contributed by atoms with Crippen molar-refractivity contribution in [1.82, 2.24) is 9.62 Å². The molecule has 1 aromatic heterocycles. The number of ether oxygens (including phenoxy) is 3. The summed E-state index contributed by atoms with van der Waals surface area (Å²) in [6.07, 6.45) is 3.90. The van der Waals surface area contributed by atoms with E-state index in [2.05, 4.69) is 5.32 Å². The molecule has 196 valence electrons. The molecule has 36 heavy (non-hydrogen) atoms. The van der Waals surface area contributed by atoms with E-state index in [1.165, 1.54) is 23.5 Å². The van der Waals surface area contributed by atoms with E-state index in [1.54, 1.807) is 23.5 Å². The molecule has 2 aromatic rings. The van der Waals surface area contributed by atoms with Crippen LogP contribution < -0.4 is 10.1 Å². The highest BCUT2D eigenvalue weighted by Crippen LogP contribution is 2.34. The summed E-state index contributed by atoms with van der Waals surface area (Å²) in [5, 5.41) is 14.4. The summed E-state index contributed by atoms with van der Waals surface area (Å²) in [5.74, 6) is 1.01. The number of benzene rings is 1. The van der Waals surface area contributed by atoms with Gasteiger partial charge in [-0.2, -0.15) is 4.31 Å². The third-order valence-electron chi connectivity index (χ3n) is 6.13. The van der Waals surface area contributed by atoms with Gasteiger partial charge < -0.3 is 24.6 Å². The van der Waals surface area contributed by atoms with Gasteiger partial charge in [0.25, 0.3) is 5.91 Å². The summed E-state index contributed by atoms with van der Waals surface area (Å²) in [7, 11) is -2.34. The van der Waals surface area contributed by atoms with E-state index in [9.17, 15) is 18.3 Å². The zero-order valence-corrected chi connectivity index (χ0v) is 21.8. The Labute approximate surface area is 215 Å². The van der Waals surface area contributed by atoms with E-state index >= 15 is 0 Å². The van der Waals surface area contributed by atoms with E-state index in [1.807, 2.05) is 23.6 Å². The molecule has 2 N–H and O–H groups in total. The molecule has 1 amide bonds. The first-order valence-corrected chi connectivity index (χ1v) is 14.3. The second kappa shape index (κ2) is 12.2. The minimum Gasteiger partial charge on any atom is -0.497 e. The van der Waals surface area contributed by atoms with Crippen LogP contribution in [0.2, 0.25) is 0 Å². The van der Waals surface area contributed by atoms with Crippen molar-refractivity contribution >= 4 is 27.3 Å². The smallest absolute Gasteiger partial charge is 0.286 e. The van der Waals surface area contributed by atoms with Crippen LogP contribution in [0.4, 0.5) is 0 Å². The number of sulfonamides is 1. The molecule has 2 aliphatic rings. The fourth-order valence-electron chi connectivity index (χ4n) is 3.91. The monoisotopic (exact) mass is 536 g/mol. The minimum atomic E-state index is -3.85. The standard InChI is InChI=1S/C25H32N2O7S2/c1-32-20-6-8-21(9-7-20)36(30,31)27(10-12-28)11-13-33-24-16-19(23-3-2-14-35-23)15-22(34-24)25(29)26-17-18-4-5-18/h2-3,6-9,14-15,18-19,24,28H,4-5,10-13,16-17H2,1H3,(H,26,29)/t19-,24+/m1/s1. The quantitative estimate of drug-likeness (QED) is 0.405. The second-order valence-electron chi connectivity index (χ2n) is 8.76. The molecule has 0 spiro atoms. The van der Waals surface area contributed by atoms with Crippen molar-refractivity contribution in [3.8, 4) is 5.75 Å². The number of hydrogen-bond donors (Lipinski definition) is 2. The molecule has 1 aliphatic carbocycles. The third kappa shape index (κ3) is 6.86. The highest BCUT2D eigenvalue weighted by Gasteiger charge is 2.31. The van der Waals surface area contributed by atoms with E-state index in [0.29, 0.717) is 24.6 Å². The van der Waals surface area contributed by atoms with Gasteiger partial charge in [-0.15, -0.1) is 11.3 Å². The Morgan fingerprint density at radius 1 is 1.22 bits per heavy atom. The van der Waals surface area contributed by atoms with Gasteiger partial charge in [0.1, 0.15) is 5.75 Å². The van der Waals surface area contributed by atoms with Crippen molar-refractivity contribution in [1.29, 1.82) is 0 Å². The normalized spacial score (nSPS) is 20.0. The lowest BCUT2D eigenvalue weighted by Gasteiger charge is -2.29. The molecule has 2 heterocycles. The first kappa shape index (κ1) is 26.6. The van der Waals surface area contributed by atoms with Gasteiger partial charge in [0, 0.05) is 36.9 Å². The van der Waals surface area contributed by atoms with Crippen LogP contribution in [0.1, 0.15) is 30.1 Å². The van der Waals surface area contributed by atoms with Crippen LogP contribution in [-0.2, 0) is 24.3 Å². The second-order valence-corrected chi connectivity index (χ2v) is 11.7. The summed E-state index contributed by atoms with van der Waals surface area (Å²) < 4.78 is 44.3. The summed E-state index contributed by atoms with van der Waals surface area (Å²) in [6.45, 7) is 0.285. The topological polar surface area (TPSA) is 114 Å². The van der Waals surface area contributed by atoms with Gasteiger partial charge in [0.2, 0.25) is 16.3 Å². The van der Waals surface area contributed by atoms with Crippen LogP contribution in [0.25, 0.3) is 0 Å². The lowest BCUT2D eigenvalue weighted by atomic mass is 9.99. The van der Waals surface area contributed by atoms with Gasteiger partial charge in [-0.1, -0.05) is 6.07 Å². The average molecular weight is 537 g/mol. The highest BCUT2D eigenvalue weighted by molar-refractivity contribution is 7.89. The number of hydrogen-bond acceptors (Lipinski definition) is 8. The number of allylic oxidation sites excluding steroid dienone is 1. The summed E-state index contributed by atoms with van der Waals surface area (Å²) in [5.41, 5.74) is 0. The first-order chi connectivity index (χ1) is 17.4. The molecule has 1 fully saturated rings. The lowest BCUT2D eigenvalue weighted by molar-refractivity contribution is -0.146. The van der Waals surface area contributed by atoms with Crippen LogP contribution in [0, 0.1) is 5.92 Å². The van der Waals surface area contributed by atoms with Crippen LogP contribution in [-0.4, -0.2) is 70.0 Å². The number of aliphatic hydroxyl groups excluding tert-OH is 1. The molecule has 0 bridgehead atoms. The van der Waals surface area contributed by atoms with E-state index in [4.69, 9.17) is 14.2 Å². The molecule has 1 aromatic carbocycles. The van der Waals surface area contributed by atoms with E-state index in [-0.39, 0.29) is 48.8 Å². The fourth-order valence-corrected chi connectivity index (χ4v) is 6.14. The third-order valence-corrected chi connectivity index (χ3v) is 9.05. The number of carbonyl (C=O) groups is 1. The van der Waals surface area contributed by atoms with Gasteiger partial charge in [0.05, 0.1) is 25.2 Å². The van der Waals surface area contributed by atoms with E-state index < -0.39 is 16.3 Å². The van der Waals surface area contributed by atoms with Gasteiger partial charge in [0.15, 0.2) is 5.76 Å². The molecular formula is C25H32N2O7S2. The fraction of sp³-hybridized carbons (Fsp3) is 0.480. The number of amides is 1. The minimum absolute atomic E-state index is 0.0192. The van der Waals surface area contributed by atoms with Gasteiger partial charge in [-0.25, -0.2) is 8.42 Å². The molecule has 11 heteroatoms. The Morgan fingerprint density at radius 2 is 2.00 bits per heavy atom. The van der Waals surface area contributed by atoms with Crippen molar-refractivity contribution in [3.05, 3.63) is 58.5 Å². The van der Waals surface area contributed by atoms with E-state index in [0.717, 1.165) is 17.7 Å². The molecule has 4 rings (SSSR count). The largest absolute Gasteiger partial charge is 0.497 e. The summed E-state index contributed by atoms with van der Waals surface area (Å²) in [4.78, 5) is 13.9. The Hall–Kier alpha value is -2.44. The Kier molecular flexibility index (Phi) is 9.02. The number of thiophene rings is 1. The molecule has 1 saturated carbocycles. The predicted octanol–water partition coefficient (Wildman–Crippen LogP) is 2.70. The number of rotatable bonds is 13. The zero-order valence-electron chi connectivity index (χ0n) is 20.2. The van der Waals surface area contributed by atoms with Crippen LogP contribution in [0.15, 0.2) is 58.5 Å². The Morgan fingerprint density at radius 3 is 2.64 bits per heavy atom. The number of methoxy groups -OCH3 is 1. The number of aliphatic hydroxyl groups is 1. The molecular weight excluding hydrogens is 504 g/mol. The van der Waals surface area contributed by atoms with Crippen LogP contribution in [0.3, 0.4) is 0 Å². The van der Waals surface area contributed by atoms with Crippen LogP contribution in [0.5, 0.6) is 5.75 Å². The highest BCUT2D eigenvalue weighted by atomic mass is 32.2. The summed E-state index contributed by atoms with van der Waals surface area (Å²) in [6, 6.07) is 10.0. The maximum Gasteiger partial charge on any atom is 0.286 e. The molecule has 0 radical (unpaired) electrons. The number of nitrogens with one attached hydrogen (secondary N) is 1. The van der Waals surface area contributed by atoms with Crippen molar-refractivity contribution in [2.45, 2.75) is 36.4 Å². The first-order valence-electron chi connectivity index (χ1n) is 12.0. The molecule has 0 unspecified atom stereocenters. The van der Waals surface area contributed by atoms with Crippen molar-refractivity contribution in [2.75, 3.05) is 40.0 Å². The molecule has 2 atom stereocenters. The van der Waals surface area contributed by atoms with Crippen LogP contribution >= 0.6 is 11.3 Å². The number of nitrogens with zero attached hydrogens (tertiary/aromatic N) is 1. The maximum atomic E-state index is 13.1. The van der Waals surface area contributed by atoms with Crippen molar-refractivity contribution in [2.24, 2.45) is 5.92 Å².